The lowest BCUT2D eigenvalue weighted by molar-refractivity contribution is 0.354. The predicted molar refractivity (Wildman–Crippen MR) is 109 cm³/mol. The second-order valence-corrected chi connectivity index (χ2v) is 8.03. The molecule has 0 bridgehead atoms. The Morgan fingerprint density at radius 2 is 1.93 bits per heavy atom. The number of thiophene rings is 1. The first-order valence-electron chi connectivity index (χ1n) is 9.35. The van der Waals surface area contributed by atoms with Gasteiger partial charge in [-0.15, -0.1) is 11.3 Å². The highest BCUT2D eigenvalue weighted by Gasteiger charge is 2.21. The number of ether oxygens (including phenoxy) is 2. The minimum Gasteiger partial charge on any atom is -0.493 e. The van der Waals surface area contributed by atoms with E-state index >= 15 is 0 Å². The van der Waals surface area contributed by atoms with E-state index in [1.165, 1.54) is 16.9 Å². The minimum absolute atomic E-state index is 0.109. The van der Waals surface area contributed by atoms with Gasteiger partial charge in [-0.1, -0.05) is 6.07 Å². The van der Waals surface area contributed by atoms with E-state index in [1.807, 2.05) is 29.7 Å². The van der Waals surface area contributed by atoms with Gasteiger partial charge in [-0.05, 0) is 62.3 Å². The van der Waals surface area contributed by atoms with Crippen molar-refractivity contribution >= 4 is 21.6 Å². The maximum absolute atomic E-state index is 13.2. The molecule has 0 radical (unpaired) electrons. The maximum atomic E-state index is 13.2. The number of hydrogen-bond donors (Lipinski definition) is 0. The largest absolute Gasteiger partial charge is 0.493 e. The minimum atomic E-state index is 0.109. The van der Waals surface area contributed by atoms with Crippen LogP contribution in [-0.2, 0) is 25.8 Å². The van der Waals surface area contributed by atoms with Gasteiger partial charge in [0.05, 0.1) is 19.6 Å². The number of fused-ring (bicyclic) bond motifs is 3. The van der Waals surface area contributed by atoms with Gasteiger partial charge in [0.1, 0.15) is 10.7 Å². The summed E-state index contributed by atoms with van der Waals surface area (Å²) in [6, 6.07) is 5.89. The zero-order valence-electron chi connectivity index (χ0n) is 16.0. The summed E-state index contributed by atoms with van der Waals surface area (Å²) in [6.07, 6.45) is 5.20. The van der Waals surface area contributed by atoms with Gasteiger partial charge < -0.3 is 9.47 Å². The molecule has 27 heavy (non-hydrogen) atoms. The molecule has 1 aliphatic rings. The van der Waals surface area contributed by atoms with Crippen molar-refractivity contribution in [1.29, 1.82) is 0 Å². The Balaban J connectivity index is 1.67. The van der Waals surface area contributed by atoms with E-state index < -0.39 is 0 Å². The SMILES string of the molecule is COc1ccc(CCn2c(C)nc3sc4c(c3c2=O)CCCC4)cc1OC. The van der Waals surface area contributed by atoms with E-state index in [9.17, 15) is 4.79 Å². The number of benzene rings is 1. The Hall–Kier alpha value is -2.34. The highest BCUT2D eigenvalue weighted by Crippen LogP contribution is 2.34. The molecule has 4 rings (SSSR count). The van der Waals surface area contributed by atoms with E-state index in [0.717, 1.165) is 47.3 Å². The molecular weight excluding hydrogens is 360 g/mol. The van der Waals surface area contributed by atoms with Crippen molar-refractivity contribution < 1.29 is 9.47 Å². The molecule has 2 aromatic heterocycles. The van der Waals surface area contributed by atoms with Gasteiger partial charge in [0.15, 0.2) is 11.5 Å². The third-order valence-electron chi connectivity index (χ3n) is 5.34. The summed E-state index contributed by atoms with van der Waals surface area (Å²) in [6.45, 7) is 2.53. The predicted octanol–water partition coefficient (Wildman–Crippen LogP) is 3.91. The summed E-state index contributed by atoms with van der Waals surface area (Å²) in [5.41, 5.74) is 2.46. The van der Waals surface area contributed by atoms with Crippen LogP contribution in [0.5, 0.6) is 11.5 Å². The number of aromatic nitrogens is 2. The topological polar surface area (TPSA) is 53.4 Å². The van der Waals surface area contributed by atoms with Crippen LogP contribution < -0.4 is 15.0 Å². The molecule has 0 atom stereocenters. The van der Waals surface area contributed by atoms with Crippen molar-refractivity contribution in [3.63, 3.8) is 0 Å². The van der Waals surface area contributed by atoms with Crippen LogP contribution in [0.4, 0.5) is 0 Å². The van der Waals surface area contributed by atoms with Crippen molar-refractivity contribution in [3.05, 3.63) is 50.4 Å². The molecule has 0 spiro atoms. The van der Waals surface area contributed by atoms with Crippen LogP contribution in [0.1, 0.15) is 34.7 Å². The van der Waals surface area contributed by atoms with Gasteiger partial charge in [-0.3, -0.25) is 9.36 Å². The van der Waals surface area contributed by atoms with Crippen LogP contribution >= 0.6 is 11.3 Å². The van der Waals surface area contributed by atoms with Crippen LogP contribution in [0.25, 0.3) is 10.2 Å². The fourth-order valence-electron chi connectivity index (χ4n) is 3.88. The van der Waals surface area contributed by atoms with Crippen molar-refractivity contribution in [3.8, 4) is 11.5 Å². The lowest BCUT2D eigenvalue weighted by atomic mass is 9.97. The summed E-state index contributed by atoms with van der Waals surface area (Å²) < 4.78 is 12.5. The second kappa shape index (κ2) is 7.35. The third kappa shape index (κ3) is 3.23. The number of rotatable bonds is 5. The molecule has 0 unspecified atom stereocenters. The molecule has 0 N–H and O–H groups in total. The molecule has 0 fully saturated rings. The molecule has 0 saturated carbocycles. The molecule has 142 valence electrons. The monoisotopic (exact) mass is 384 g/mol. The van der Waals surface area contributed by atoms with Crippen LogP contribution in [0.15, 0.2) is 23.0 Å². The molecule has 3 aromatic rings. The van der Waals surface area contributed by atoms with Gasteiger partial charge in [0.25, 0.3) is 5.56 Å². The summed E-state index contributed by atoms with van der Waals surface area (Å²) in [7, 11) is 3.26. The van der Waals surface area contributed by atoms with Gasteiger partial charge in [-0.25, -0.2) is 4.98 Å². The average Bonchev–Trinajstić information content (AvgIpc) is 3.05. The molecule has 5 nitrogen and oxygen atoms in total. The first-order valence-corrected chi connectivity index (χ1v) is 10.2. The zero-order chi connectivity index (χ0) is 19.0. The van der Waals surface area contributed by atoms with Crippen molar-refractivity contribution in [2.75, 3.05) is 14.2 Å². The first-order chi connectivity index (χ1) is 13.1. The van der Waals surface area contributed by atoms with Gasteiger partial charge >= 0.3 is 0 Å². The summed E-state index contributed by atoms with van der Waals surface area (Å²) in [5.74, 6) is 2.20. The Labute approximate surface area is 162 Å². The highest BCUT2D eigenvalue weighted by atomic mass is 32.1. The smallest absolute Gasteiger partial charge is 0.262 e. The van der Waals surface area contributed by atoms with Gasteiger partial charge in [0, 0.05) is 11.4 Å². The van der Waals surface area contributed by atoms with Crippen molar-refractivity contribution in [2.45, 2.75) is 45.6 Å². The van der Waals surface area contributed by atoms with Crippen molar-refractivity contribution in [2.24, 2.45) is 0 Å². The van der Waals surface area contributed by atoms with Crippen molar-refractivity contribution in [1.82, 2.24) is 9.55 Å². The molecule has 1 aromatic carbocycles. The molecule has 0 aliphatic heterocycles. The summed E-state index contributed by atoms with van der Waals surface area (Å²) >= 11 is 1.71. The number of methoxy groups -OCH3 is 2. The van der Waals surface area contributed by atoms with Crippen LogP contribution in [-0.4, -0.2) is 23.8 Å². The molecule has 0 saturated heterocycles. The quantitative estimate of drug-likeness (QED) is 0.669. The van der Waals surface area contributed by atoms with E-state index in [2.05, 4.69) is 0 Å². The maximum Gasteiger partial charge on any atom is 0.262 e. The summed E-state index contributed by atoms with van der Waals surface area (Å²) in [4.78, 5) is 20.2. The van der Waals surface area contributed by atoms with E-state index in [1.54, 1.807) is 25.6 Å². The fourth-order valence-corrected chi connectivity index (χ4v) is 5.18. The zero-order valence-corrected chi connectivity index (χ0v) is 16.8. The van der Waals surface area contributed by atoms with Crippen LogP contribution in [0, 0.1) is 6.92 Å². The Morgan fingerprint density at radius 3 is 2.70 bits per heavy atom. The van der Waals surface area contributed by atoms with Gasteiger partial charge in [-0.2, -0.15) is 0 Å². The fraction of sp³-hybridized carbons (Fsp3) is 0.429. The first kappa shape index (κ1) is 18.0. The number of aryl methyl sites for hydroxylation is 4. The lowest BCUT2D eigenvalue weighted by Crippen LogP contribution is -2.25. The number of hydrogen-bond acceptors (Lipinski definition) is 5. The standard InChI is InChI=1S/C21H24N2O3S/c1-13-22-20-19(15-6-4-5-7-18(15)27-20)21(24)23(13)11-10-14-8-9-16(25-2)17(12-14)26-3/h8-9,12H,4-7,10-11H2,1-3H3. The highest BCUT2D eigenvalue weighted by molar-refractivity contribution is 7.18. The normalized spacial score (nSPS) is 13.6. The summed E-state index contributed by atoms with van der Waals surface area (Å²) in [5, 5.41) is 0.854. The van der Waals surface area contributed by atoms with E-state index in [-0.39, 0.29) is 5.56 Å². The Bertz CT molecular complexity index is 1050. The van der Waals surface area contributed by atoms with Crippen LogP contribution in [0.3, 0.4) is 0 Å². The molecule has 6 heteroatoms. The Kier molecular flexibility index (Phi) is 4.91. The Morgan fingerprint density at radius 1 is 1.15 bits per heavy atom. The lowest BCUT2D eigenvalue weighted by Gasteiger charge is -2.13. The third-order valence-corrected chi connectivity index (χ3v) is 6.52. The van der Waals surface area contributed by atoms with Gasteiger partial charge in [0.2, 0.25) is 0 Å². The van der Waals surface area contributed by atoms with E-state index in [0.29, 0.717) is 18.0 Å². The number of nitrogens with zero attached hydrogens (tertiary/aromatic N) is 2. The molecule has 2 heterocycles. The van der Waals surface area contributed by atoms with E-state index in [4.69, 9.17) is 14.5 Å². The molecule has 0 amide bonds. The van der Waals surface area contributed by atoms with Crippen LogP contribution in [0.2, 0.25) is 0 Å². The average molecular weight is 385 g/mol. The molecule has 1 aliphatic carbocycles. The second-order valence-electron chi connectivity index (χ2n) is 6.95. The molecular formula is C21H24N2O3S.